The Bertz CT molecular complexity index is 748. The van der Waals surface area contributed by atoms with Gasteiger partial charge in [0, 0.05) is 23.6 Å². The topological polar surface area (TPSA) is 50.8 Å². The predicted molar refractivity (Wildman–Crippen MR) is 120 cm³/mol. The van der Waals surface area contributed by atoms with Crippen LogP contribution in [0.15, 0.2) is 53.4 Å². The molecule has 0 fully saturated rings. The standard InChI is InChI=1S/C23H32N2O3S/c1-5-25(6-2)22(18-8-7-9-20(16-18)28-4)17-24-23(26)14-15-29-21-12-10-19(27-3)11-13-21/h7-13,16,22H,5-6,14-15,17H2,1-4H3,(H,24,26). The minimum absolute atomic E-state index is 0.0751. The minimum atomic E-state index is 0.0751. The van der Waals surface area contributed by atoms with Gasteiger partial charge < -0.3 is 14.8 Å². The molecule has 5 nitrogen and oxygen atoms in total. The summed E-state index contributed by atoms with van der Waals surface area (Å²) in [5.74, 6) is 2.49. The number of carbonyl (C=O) groups is 1. The minimum Gasteiger partial charge on any atom is -0.497 e. The van der Waals surface area contributed by atoms with Crippen LogP contribution >= 0.6 is 11.8 Å². The van der Waals surface area contributed by atoms with E-state index in [0.29, 0.717) is 13.0 Å². The molecule has 0 aliphatic carbocycles. The fourth-order valence-electron chi connectivity index (χ4n) is 3.20. The van der Waals surface area contributed by atoms with E-state index in [4.69, 9.17) is 9.47 Å². The molecule has 0 heterocycles. The Kier molecular flexibility index (Phi) is 9.88. The Morgan fingerprint density at radius 3 is 2.34 bits per heavy atom. The molecule has 29 heavy (non-hydrogen) atoms. The Morgan fingerprint density at radius 2 is 1.72 bits per heavy atom. The van der Waals surface area contributed by atoms with E-state index in [1.807, 2.05) is 36.4 Å². The van der Waals surface area contributed by atoms with Crippen LogP contribution in [-0.2, 0) is 4.79 Å². The smallest absolute Gasteiger partial charge is 0.220 e. The molecule has 1 amide bonds. The summed E-state index contributed by atoms with van der Waals surface area (Å²) in [5, 5.41) is 3.12. The average molecular weight is 417 g/mol. The largest absolute Gasteiger partial charge is 0.497 e. The van der Waals surface area contributed by atoms with Crippen LogP contribution in [0.25, 0.3) is 0 Å². The van der Waals surface area contributed by atoms with Crippen molar-refractivity contribution in [2.75, 3.05) is 39.6 Å². The highest BCUT2D eigenvalue weighted by molar-refractivity contribution is 7.99. The zero-order chi connectivity index (χ0) is 21.1. The second kappa shape index (κ2) is 12.4. The number of nitrogens with zero attached hydrogens (tertiary/aromatic N) is 1. The fraction of sp³-hybridized carbons (Fsp3) is 0.435. The maximum absolute atomic E-state index is 12.4. The SMILES string of the molecule is CCN(CC)C(CNC(=O)CCSc1ccc(OC)cc1)c1cccc(OC)c1. The van der Waals surface area contributed by atoms with Gasteiger partial charge in [0.1, 0.15) is 11.5 Å². The molecule has 0 saturated heterocycles. The molecule has 158 valence electrons. The number of carbonyl (C=O) groups excluding carboxylic acids is 1. The van der Waals surface area contributed by atoms with Crippen molar-refractivity contribution < 1.29 is 14.3 Å². The van der Waals surface area contributed by atoms with Gasteiger partial charge in [-0.2, -0.15) is 0 Å². The molecular formula is C23H32N2O3S. The molecule has 2 aromatic rings. The quantitative estimate of drug-likeness (QED) is 0.520. The summed E-state index contributed by atoms with van der Waals surface area (Å²) in [6, 6.07) is 16.1. The van der Waals surface area contributed by atoms with Gasteiger partial charge in [0.05, 0.1) is 20.3 Å². The van der Waals surface area contributed by atoms with Crippen LogP contribution < -0.4 is 14.8 Å². The highest BCUT2D eigenvalue weighted by atomic mass is 32.2. The van der Waals surface area contributed by atoms with Crippen molar-refractivity contribution in [3.63, 3.8) is 0 Å². The molecule has 0 radical (unpaired) electrons. The zero-order valence-corrected chi connectivity index (χ0v) is 18.6. The van der Waals surface area contributed by atoms with E-state index in [0.717, 1.165) is 40.8 Å². The van der Waals surface area contributed by atoms with Crippen LogP contribution in [0.4, 0.5) is 0 Å². The number of amides is 1. The van der Waals surface area contributed by atoms with E-state index in [1.54, 1.807) is 26.0 Å². The number of hydrogen-bond acceptors (Lipinski definition) is 5. The van der Waals surface area contributed by atoms with Crippen molar-refractivity contribution in [1.29, 1.82) is 0 Å². The van der Waals surface area contributed by atoms with Crippen LogP contribution in [0.2, 0.25) is 0 Å². The summed E-state index contributed by atoms with van der Waals surface area (Å²) >= 11 is 1.68. The lowest BCUT2D eigenvalue weighted by molar-refractivity contribution is -0.120. The van der Waals surface area contributed by atoms with Gasteiger partial charge in [0.15, 0.2) is 0 Å². The molecule has 0 aliphatic heterocycles. The molecule has 1 atom stereocenters. The average Bonchev–Trinajstić information content (AvgIpc) is 2.77. The van der Waals surface area contributed by atoms with Crippen molar-refractivity contribution in [2.24, 2.45) is 0 Å². The molecule has 0 aromatic heterocycles. The summed E-state index contributed by atoms with van der Waals surface area (Å²) in [7, 11) is 3.33. The molecule has 1 N–H and O–H groups in total. The number of hydrogen-bond donors (Lipinski definition) is 1. The maximum atomic E-state index is 12.4. The van der Waals surface area contributed by atoms with Gasteiger partial charge in [-0.05, 0) is 55.1 Å². The lowest BCUT2D eigenvalue weighted by Crippen LogP contribution is -2.38. The van der Waals surface area contributed by atoms with Crippen LogP contribution in [-0.4, -0.2) is 50.4 Å². The highest BCUT2D eigenvalue weighted by Crippen LogP contribution is 2.24. The molecule has 0 saturated carbocycles. The van der Waals surface area contributed by atoms with Crippen LogP contribution in [0.5, 0.6) is 11.5 Å². The first-order valence-corrected chi connectivity index (χ1v) is 11.0. The van der Waals surface area contributed by atoms with Gasteiger partial charge in [0.2, 0.25) is 5.91 Å². The number of methoxy groups -OCH3 is 2. The summed E-state index contributed by atoms with van der Waals surface area (Å²) in [4.78, 5) is 15.9. The maximum Gasteiger partial charge on any atom is 0.220 e. The number of likely N-dealkylation sites (N-methyl/N-ethyl adjacent to an activating group) is 1. The van der Waals surface area contributed by atoms with Crippen molar-refractivity contribution in [2.45, 2.75) is 31.2 Å². The molecule has 2 aromatic carbocycles. The number of benzene rings is 2. The van der Waals surface area contributed by atoms with Gasteiger partial charge in [-0.3, -0.25) is 9.69 Å². The van der Waals surface area contributed by atoms with E-state index in [1.165, 1.54) is 0 Å². The summed E-state index contributed by atoms with van der Waals surface area (Å²) in [6.07, 6.45) is 0.486. The van der Waals surface area contributed by atoms with Gasteiger partial charge in [0.25, 0.3) is 0 Å². The lowest BCUT2D eigenvalue weighted by Gasteiger charge is -2.30. The number of thioether (sulfide) groups is 1. The molecule has 6 heteroatoms. The molecule has 2 rings (SSSR count). The zero-order valence-electron chi connectivity index (χ0n) is 17.8. The summed E-state index contributed by atoms with van der Waals surface area (Å²) in [5.41, 5.74) is 1.15. The van der Waals surface area contributed by atoms with E-state index in [9.17, 15) is 4.79 Å². The molecule has 1 unspecified atom stereocenters. The third-order valence-electron chi connectivity index (χ3n) is 4.88. The Balaban J connectivity index is 1.89. The highest BCUT2D eigenvalue weighted by Gasteiger charge is 2.19. The normalized spacial score (nSPS) is 11.9. The summed E-state index contributed by atoms with van der Waals surface area (Å²) < 4.78 is 10.5. The van der Waals surface area contributed by atoms with Gasteiger partial charge >= 0.3 is 0 Å². The van der Waals surface area contributed by atoms with E-state index >= 15 is 0 Å². The first-order chi connectivity index (χ1) is 14.1. The third kappa shape index (κ3) is 7.29. The second-order valence-corrected chi connectivity index (χ2v) is 7.76. The fourth-order valence-corrected chi connectivity index (χ4v) is 4.06. The van der Waals surface area contributed by atoms with Gasteiger partial charge in [-0.1, -0.05) is 26.0 Å². The number of nitrogens with one attached hydrogen (secondary N) is 1. The van der Waals surface area contributed by atoms with Crippen LogP contribution in [0.3, 0.4) is 0 Å². The van der Waals surface area contributed by atoms with Crippen molar-refractivity contribution >= 4 is 17.7 Å². The molecule has 0 aliphatic rings. The lowest BCUT2D eigenvalue weighted by atomic mass is 10.0. The number of rotatable bonds is 12. The van der Waals surface area contributed by atoms with E-state index < -0.39 is 0 Å². The van der Waals surface area contributed by atoms with E-state index in [-0.39, 0.29) is 11.9 Å². The molecule has 0 spiro atoms. The monoisotopic (exact) mass is 416 g/mol. The van der Waals surface area contributed by atoms with Crippen molar-refractivity contribution in [3.05, 3.63) is 54.1 Å². The first kappa shape index (κ1) is 23.1. The molecule has 0 bridgehead atoms. The van der Waals surface area contributed by atoms with Gasteiger partial charge in [-0.25, -0.2) is 0 Å². The number of ether oxygens (including phenoxy) is 2. The van der Waals surface area contributed by atoms with Crippen LogP contribution in [0, 0.1) is 0 Å². The second-order valence-electron chi connectivity index (χ2n) is 6.59. The Hall–Kier alpha value is -2.18. The predicted octanol–water partition coefficient (Wildman–Crippen LogP) is 4.39. The van der Waals surface area contributed by atoms with Gasteiger partial charge in [-0.15, -0.1) is 11.8 Å². The molecular weight excluding hydrogens is 384 g/mol. The third-order valence-corrected chi connectivity index (χ3v) is 5.90. The van der Waals surface area contributed by atoms with E-state index in [2.05, 4.69) is 36.2 Å². The van der Waals surface area contributed by atoms with Crippen LogP contribution in [0.1, 0.15) is 31.9 Å². The Labute approximate surface area is 178 Å². The van der Waals surface area contributed by atoms with Crippen molar-refractivity contribution in [3.8, 4) is 11.5 Å². The Morgan fingerprint density at radius 1 is 1.03 bits per heavy atom. The summed E-state index contributed by atoms with van der Waals surface area (Å²) in [6.45, 7) is 6.71. The van der Waals surface area contributed by atoms with Crippen molar-refractivity contribution in [1.82, 2.24) is 10.2 Å². The first-order valence-electron chi connectivity index (χ1n) is 10.0.